The summed E-state index contributed by atoms with van der Waals surface area (Å²) in [5.41, 5.74) is 1.23. The van der Waals surface area contributed by atoms with Crippen LogP contribution in [0.5, 0.6) is 0 Å². The molecule has 1 saturated carbocycles. The number of nitrogens with zero attached hydrogens (tertiary/aromatic N) is 1. The summed E-state index contributed by atoms with van der Waals surface area (Å²) < 4.78 is 17.4. The summed E-state index contributed by atoms with van der Waals surface area (Å²) in [6, 6.07) is 10.8. The second-order valence-electron chi connectivity index (χ2n) is 5.83. The van der Waals surface area contributed by atoms with Gasteiger partial charge in [0.2, 0.25) is 0 Å². The van der Waals surface area contributed by atoms with Crippen molar-refractivity contribution in [2.75, 3.05) is 33.4 Å². The van der Waals surface area contributed by atoms with Gasteiger partial charge in [0.1, 0.15) is 0 Å². The molecule has 1 aromatic carbocycles. The average molecular weight is 291 g/mol. The van der Waals surface area contributed by atoms with Gasteiger partial charge in [0.25, 0.3) is 0 Å². The lowest BCUT2D eigenvalue weighted by molar-refractivity contribution is -0.0332. The van der Waals surface area contributed by atoms with Crippen LogP contribution in [0.1, 0.15) is 18.4 Å². The SMILES string of the molecule is COC1C2CCC1N(CCOCc1ccccc1)CCO2. The molecule has 1 heterocycles. The fourth-order valence-corrected chi connectivity index (χ4v) is 3.50. The first-order chi connectivity index (χ1) is 10.4. The van der Waals surface area contributed by atoms with Crippen molar-refractivity contribution in [1.29, 1.82) is 0 Å². The van der Waals surface area contributed by atoms with Crippen LogP contribution in [0.4, 0.5) is 0 Å². The Bertz CT molecular complexity index is 425. The van der Waals surface area contributed by atoms with Gasteiger partial charge in [0.15, 0.2) is 0 Å². The van der Waals surface area contributed by atoms with Crippen LogP contribution in [0, 0.1) is 0 Å². The highest BCUT2D eigenvalue weighted by atomic mass is 16.5. The van der Waals surface area contributed by atoms with Crippen molar-refractivity contribution in [3.8, 4) is 0 Å². The fraction of sp³-hybridized carbons (Fsp3) is 0.647. The summed E-state index contributed by atoms with van der Waals surface area (Å²) in [6.07, 6.45) is 2.80. The van der Waals surface area contributed by atoms with Crippen LogP contribution in [0.15, 0.2) is 30.3 Å². The molecule has 1 aliphatic carbocycles. The predicted octanol–water partition coefficient (Wildman–Crippen LogP) is 2.08. The van der Waals surface area contributed by atoms with Gasteiger partial charge in [-0.25, -0.2) is 0 Å². The molecule has 2 fully saturated rings. The minimum atomic E-state index is 0.224. The van der Waals surface area contributed by atoms with Gasteiger partial charge in [-0.05, 0) is 18.4 Å². The van der Waals surface area contributed by atoms with Gasteiger partial charge >= 0.3 is 0 Å². The van der Waals surface area contributed by atoms with E-state index in [4.69, 9.17) is 14.2 Å². The van der Waals surface area contributed by atoms with Crippen molar-refractivity contribution in [1.82, 2.24) is 4.90 Å². The Labute approximate surface area is 127 Å². The largest absolute Gasteiger partial charge is 0.377 e. The van der Waals surface area contributed by atoms with E-state index in [1.807, 2.05) is 18.2 Å². The molecular formula is C17H25NO3. The highest BCUT2D eigenvalue weighted by Crippen LogP contribution is 2.31. The Morgan fingerprint density at radius 2 is 2.10 bits per heavy atom. The van der Waals surface area contributed by atoms with Crippen molar-refractivity contribution in [2.45, 2.75) is 37.7 Å². The molecule has 4 heteroatoms. The molecule has 0 radical (unpaired) electrons. The zero-order valence-electron chi connectivity index (χ0n) is 12.7. The summed E-state index contributed by atoms with van der Waals surface area (Å²) in [7, 11) is 1.80. The van der Waals surface area contributed by atoms with E-state index in [2.05, 4.69) is 17.0 Å². The van der Waals surface area contributed by atoms with Gasteiger partial charge in [0.05, 0.1) is 32.0 Å². The molecule has 2 bridgehead atoms. The molecular weight excluding hydrogens is 266 g/mol. The van der Waals surface area contributed by atoms with Crippen LogP contribution in [0.2, 0.25) is 0 Å². The number of benzene rings is 1. The molecule has 1 aromatic rings. The molecule has 0 amide bonds. The molecule has 0 N–H and O–H groups in total. The summed E-state index contributed by atoms with van der Waals surface area (Å²) in [6.45, 7) is 4.18. The number of fused-ring (bicyclic) bond motifs is 2. The van der Waals surface area contributed by atoms with E-state index < -0.39 is 0 Å². The van der Waals surface area contributed by atoms with Gasteiger partial charge in [0, 0.05) is 26.2 Å². The fourth-order valence-electron chi connectivity index (χ4n) is 3.50. The van der Waals surface area contributed by atoms with E-state index in [0.717, 1.165) is 32.7 Å². The Morgan fingerprint density at radius 3 is 2.90 bits per heavy atom. The molecule has 1 saturated heterocycles. The lowest BCUT2D eigenvalue weighted by Crippen LogP contribution is -2.44. The standard InChI is InChI=1S/C17H25NO3/c1-19-17-15-7-8-16(17)21-12-10-18(15)9-11-20-13-14-5-3-2-4-6-14/h2-6,15-17H,7-13H2,1H3. The summed E-state index contributed by atoms with van der Waals surface area (Å²) in [5, 5.41) is 0. The second kappa shape index (κ2) is 7.36. The van der Waals surface area contributed by atoms with Crippen LogP contribution < -0.4 is 0 Å². The quantitative estimate of drug-likeness (QED) is 0.751. The first kappa shape index (κ1) is 15.0. The highest BCUT2D eigenvalue weighted by Gasteiger charge is 2.42. The molecule has 1 aliphatic heterocycles. The number of methoxy groups -OCH3 is 1. The summed E-state index contributed by atoms with van der Waals surface area (Å²) >= 11 is 0. The first-order valence-corrected chi connectivity index (χ1v) is 7.88. The van der Waals surface area contributed by atoms with E-state index >= 15 is 0 Å². The van der Waals surface area contributed by atoms with Crippen LogP contribution in [-0.2, 0) is 20.8 Å². The van der Waals surface area contributed by atoms with E-state index in [9.17, 15) is 0 Å². The van der Waals surface area contributed by atoms with Crippen LogP contribution in [-0.4, -0.2) is 56.6 Å². The van der Waals surface area contributed by atoms with Crippen molar-refractivity contribution in [3.63, 3.8) is 0 Å². The first-order valence-electron chi connectivity index (χ1n) is 7.88. The maximum atomic E-state index is 5.90. The van der Waals surface area contributed by atoms with Crippen molar-refractivity contribution < 1.29 is 14.2 Å². The Kier molecular flexibility index (Phi) is 5.25. The van der Waals surface area contributed by atoms with Gasteiger partial charge in [-0.2, -0.15) is 0 Å². The zero-order chi connectivity index (χ0) is 14.5. The van der Waals surface area contributed by atoms with Gasteiger partial charge in [-0.15, -0.1) is 0 Å². The molecule has 3 atom stereocenters. The third-order valence-corrected chi connectivity index (χ3v) is 4.58. The van der Waals surface area contributed by atoms with Gasteiger partial charge < -0.3 is 14.2 Å². The third kappa shape index (κ3) is 3.64. The van der Waals surface area contributed by atoms with E-state index in [0.29, 0.717) is 12.6 Å². The lowest BCUT2D eigenvalue weighted by atomic mass is 10.1. The Balaban J connectivity index is 1.46. The lowest BCUT2D eigenvalue weighted by Gasteiger charge is -2.30. The van der Waals surface area contributed by atoms with Crippen molar-refractivity contribution in [3.05, 3.63) is 35.9 Å². The van der Waals surface area contributed by atoms with Crippen LogP contribution in [0.3, 0.4) is 0 Å². The number of rotatable bonds is 6. The van der Waals surface area contributed by atoms with E-state index in [1.165, 1.54) is 12.0 Å². The van der Waals surface area contributed by atoms with Gasteiger partial charge in [-0.3, -0.25) is 4.90 Å². The number of hydrogen-bond donors (Lipinski definition) is 0. The highest BCUT2D eigenvalue weighted by molar-refractivity contribution is 5.13. The zero-order valence-corrected chi connectivity index (χ0v) is 12.7. The number of hydrogen-bond acceptors (Lipinski definition) is 4. The molecule has 3 rings (SSSR count). The van der Waals surface area contributed by atoms with Crippen LogP contribution in [0.25, 0.3) is 0 Å². The normalized spacial score (nSPS) is 29.5. The van der Waals surface area contributed by atoms with Gasteiger partial charge in [-0.1, -0.05) is 30.3 Å². The van der Waals surface area contributed by atoms with E-state index in [-0.39, 0.29) is 12.2 Å². The molecule has 21 heavy (non-hydrogen) atoms. The monoisotopic (exact) mass is 291 g/mol. The molecule has 0 aromatic heterocycles. The molecule has 4 nitrogen and oxygen atoms in total. The molecule has 2 aliphatic rings. The topological polar surface area (TPSA) is 30.9 Å². The minimum Gasteiger partial charge on any atom is -0.377 e. The van der Waals surface area contributed by atoms with Crippen LogP contribution >= 0.6 is 0 Å². The van der Waals surface area contributed by atoms with E-state index in [1.54, 1.807) is 7.11 Å². The number of ether oxygens (including phenoxy) is 3. The maximum Gasteiger partial charge on any atom is 0.0987 e. The van der Waals surface area contributed by atoms with Crippen molar-refractivity contribution in [2.24, 2.45) is 0 Å². The Hall–Kier alpha value is -0.940. The Morgan fingerprint density at radius 1 is 1.24 bits per heavy atom. The summed E-state index contributed by atoms with van der Waals surface area (Å²) in [4.78, 5) is 2.48. The average Bonchev–Trinajstić information content (AvgIpc) is 2.83. The minimum absolute atomic E-state index is 0.224. The smallest absolute Gasteiger partial charge is 0.0987 e. The third-order valence-electron chi connectivity index (χ3n) is 4.58. The summed E-state index contributed by atoms with van der Waals surface area (Å²) in [5.74, 6) is 0. The maximum absolute atomic E-state index is 5.90. The molecule has 3 unspecified atom stereocenters. The molecule has 116 valence electrons. The predicted molar refractivity (Wildman–Crippen MR) is 81.2 cm³/mol. The van der Waals surface area contributed by atoms with Crippen molar-refractivity contribution >= 4 is 0 Å². The molecule has 0 spiro atoms. The second-order valence-corrected chi connectivity index (χ2v) is 5.83.